The predicted molar refractivity (Wildman–Crippen MR) is 105 cm³/mol. The van der Waals surface area contributed by atoms with Crippen LogP contribution in [0.25, 0.3) is 22.2 Å². The lowest BCUT2D eigenvalue weighted by Crippen LogP contribution is -2.09. The van der Waals surface area contributed by atoms with Crippen LogP contribution in [-0.4, -0.2) is 22.1 Å². The van der Waals surface area contributed by atoms with E-state index in [2.05, 4.69) is 15.0 Å². The summed E-state index contributed by atoms with van der Waals surface area (Å²) in [5.74, 6) is 1.51. The summed E-state index contributed by atoms with van der Waals surface area (Å²) in [7, 11) is 1.65. The molecule has 130 valence electrons. The molecule has 0 aliphatic carbocycles. The zero-order valence-electron chi connectivity index (χ0n) is 14.2. The summed E-state index contributed by atoms with van der Waals surface area (Å²) in [5, 5.41) is 0.599. The Balaban J connectivity index is 1.67. The summed E-state index contributed by atoms with van der Waals surface area (Å²) in [5.41, 5.74) is 4.08. The smallest absolute Gasteiger partial charge is 0.275 e. The molecule has 26 heavy (non-hydrogen) atoms. The Labute approximate surface area is 154 Å². The topological polar surface area (TPSA) is 70.8 Å². The van der Waals surface area contributed by atoms with Gasteiger partial charge in [0.2, 0.25) is 0 Å². The largest absolute Gasteiger partial charge is 0.497 e. The Hall–Kier alpha value is -2.99. The van der Waals surface area contributed by atoms with Crippen LogP contribution >= 0.6 is 11.8 Å². The molecular formula is C20H17N3O2S. The van der Waals surface area contributed by atoms with Crippen molar-refractivity contribution in [3.05, 3.63) is 76.7 Å². The molecule has 6 heteroatoms. The maximum Gasteiger partial charge on any atom is 0.275 e. The minimum absolute atomic E-state index is 0.162. The third kappa shape index (κ3) is 3.23. The van der Waals surface area contributed by atoms with Crippen LogP contribution in [-0.2, 0) is 5.75 Å². The fourth-order valence-corrected chi connectivity index (χ4v) is 3.62. The number of fused-ring (bicyclic) bond motifs is 1. The number of aromatic amines is 2. The number of nitrogens with zero attached hydrogens (tertiary/aromatic N) is 1. The molecule has 2 aromatic carbocycles. The van der Waals surface area contributed by atoms with Gasteiger partial charge in [0.05, 0.1) is 7.11 Å². The maximum absolute atomic E-state index is 12.4. The first-order chi connectivity index (χ1) is 12.7. The van der Waals surface area contributed by atoms with Gasteiger partial charge in [-0.15, -0.1) is 0 Å². The maximum atomic E-state index is 12.4. The average Bonchev–Trinajstić information content (AvgIpc) is 3.12. The Morgan fingerprint density at radius 2 is 1.96 bits per heavy atom. The number of hydrogen-bond donors (Lipinski definition) is 2. The van der Waals surface area contributed by atoms with E-state index >= 15 is 0 Å². The van der Waals surface area contributed by atoms with Crippen molar-refractivity contribution in [3.8, 4) is 16.9 Å². The summed E-state index contributed by atoms with van der Waals surface area (Å²) in [4.78, 5) is 23.0. The van der Waals surface area contributed by atoms with E-state index in [0.29, 0.717) is 21.9 Å². The Morgan fingerprint density at radius 3 is 2.77 bits per heavy atom. The monoisotopic (exact) mass is 363 g/mol. The highest BCUT2D eigenvalue weighted by atomic mass is 32.2. The van der Waals surface area contributed by atoms with E-state index < -0.39 is 0 Å². The number of aromatic nitrogens is 3. The van der Waals surface area contributed by atoms with Crippen molar-refractivity contribution in [2.24, 2.45) is 0 Å². The molecule has 0 fully saturated rings. The highest BCUT2D eigenvalue weighted by Crippen LogP contribution is 2.28. The fraction of sp³-hybridized carbons (Fsp3) is 0.100. The van der Waals surface area contributed by atoms with E-state index in [1.54, 1.807) is 7.11 Å². The van der Waals surface area contributed by atoms with Crippen LogP contribution in [0.5, 0.6) is 5.75 Å². The van der Waals surface area contributed by atoms with Crippen LogP contribution < -0.4 is 10.3 Å². The van der Waals surface area contributed by atoms with Gasteiger partial charge in [-0.1, -0.05) is 54.2 Å². The number of nitrogens with one attached hydrogen (secondary N) is 2. The van der Waals surface area contributed by atoms with E-state index in [9.17, 15) is 4.79 Å². The normalized spacial score (nSPS) is 11.0. The average molecular weight is 363 g/mol. The number of H-pyrrole nitrogens is 2. The zero-order chi connectivity index (χ0) is 17.9. The Morgan fingerprint density at radius 1 is 1.12 bits per heavy atom. The molecule has 5 nitrogen and oxygen atoms in total. The van der Waals surface area contributed by atoms with Crippen molar-refractivity contribution in [3.63, 3.8) is 0 Å². The van der Waals surface area contributed by atoms with Gasteiger partial charge in [-0.25, -0.2) is 4.98 Å². The van der Waals surface area contributed by atoms with Crippen molar-refractivity contribution < 1.29 is 4.74 Å². The highest BCUT2D eigenvalue weighted by Gasteiger charge is 2.12. The number of methoxy groups -OCH3 is 1. The van der Waals surface area contributed by atoms with Crippen LogP contribution in [0.3, 0.4) is 0 Å². The first-order valence-electron chi connectivity index (χ1n) is 8.17. The van der Waals surface area contributed by atoms with Gasteiger partial charge in [-0.05, 0) is 23.3 Å². The number of ether oxygens (including phenoxy) is 1. The molecule has 2 N–H and O–H groups in total. The molecule has 0 aliphatic rings. The van der Waals surface area contributed by atoms with Crippen molar-refractivity contribution in [1.82, 2.24) is 15.0 Å². The molecule has 0 bridgehead atoms. The molecule has 0 amide bonds. The van der Waals surface area contributed by atoms with Gasteiger partial charge in [-0.3, -0.25) is 9.78 Å². The first kappa shape index (κ1) is 16.5. The lowest BCUT2D eigenvalue weighted by atomic mass is 10.1. The summed E-state index contributed by atoms with van der Waals surface area (Å²) < 4.78 is 5.25. The minimum atomic E-state index is -0.162. The molecule has 4 aromatic rings. The predicted octanol–water partition coefficient (Wildman–Crippen LogP) is 4.22. The second kappa shape index (κ2) is 7.09. The molecule has 2 aromatic heterocycles. The third-order valence-corrected chi connectivity index (χ3v) is 5.05. The standard InChI is InChI=1S/C20H17N3O2S/c1-25-15-9-5-6-13(10-15)12-26-20-22-17-16(14-7-3-2-4-8-14)11-21-18(17)19(24)23-20/h2-11,21H,12H2,1H3,(H,22,23,24). The van der Waals surface area contributed by atoms with Gasteiger partial charge < -0.3 is 9.72 Å². The third-order valence-electron chi connectivity index (χ3n) is 4.11. The molecular weight excluding hydrogens is 346 g/mol. The van der Waals surface area contributed by atoms with Crippen LogP contribution in [0.15, 0.2) is 70.7 Å². The van der Waals surface area contributed by atoms with E-state index in [1.165, 1.54) is 11.8 Å². The molecule has 0 aliphatic heterocycles. The molecule has 0 saturated heterocycles. The van der Waals surface area contributed by atoms with Gasteiger partial charge in [-0.2, -0.15) is 0 Å². The number of rotatable bonds is 5. The molecule has 0 spiro atoms. The summed E-state index contributed by atoms with van der Waals surface area (Å²) in [6.45, 7) is 0. The molecule has 2 heterocycles. The molecule has 0 saturated carbocycles. The fourth-order valence-electron chi connectivity index (χ4n) is 2.81. The van der Waals surface area contributed by atoms with E-state index in [4.69, 9.17) is 4.74 Å². The second-order valence-corrected chi connectivity index (χ2v) is 6.77. The molecule has 0 unspecified atom stereocenters. The summed E-state index contributed by atoms with van der Waals surface area (Å²) in [6.07, 6.45) is 1.83. The molecule has 0 radical (unpaired) electrons. The van der Waals surface area contributed by atoms with Gasteiger partial charge in [0, 0.05) is 17.5 Å². The molecule has 4 rings (SSSR count). The summed E-state index contributed by atoms with van der Waals surface area (Å²) >= 11 is 1.49. The van der Waals surface area contributed by atoms with Crippen molar-refractivity contribution in [2.75, 3.05) is 7.11 Å². The van der Waals surface area contributed by atoms with Gasteiger partial charge >= 0.3 is 0 Å². The lowest BCUT2D eigenvalue weighted by Gasteiger charge is -2.05. The van der Waals surface area contributed by atoms with Crippen LogP contribution in [0.4, 0.5) is 0 Å². The van der Waals surface area contributed by atoms with Gasteiger partial charge in [0.25, 0.3) is 5.56 Å². The number of thioether (sulfide) groups is 1. The Bertz CT molecular complexity index is 1100. The van der Waals surface area contributed by atoms with Gasteiger partial charge in [0.1, 0.15) is 16.8 Å². The second-order valence-electron chi connectivity index (χ2n) is 5.80. The highest BCUT2D eigenvalue weighted by molar-refractivity contribution is 7.98. The number of benzene rings is 2. The first-order valence-corrected chi connectivity index (χ1v) is 9.16. The van der Waals surface area contributed by atoms with E-state index in [1.807, 2.05) is 60.8 Å². The quantitative estimate of drug-likeness (QED) is 0.411. The lowest BCUT2D eigenvalue weighted by molar-refractivity contribution is 0.414. The number of hydrogen-bond acceptors (Lipinski definition) is 4. The molecule has 0 atom stereocenters. The summed E-state index contributed by atoms with van der Waals surface area (Å²) in [6, 6.07) is 17.8. The van der Waals surface area contributed by atoms with Crippen LogP contribution in [0, 0.1) is 0 Å². The van der Waals surface area contributed by atoms with Crippen LogP contribution in [0.2, 0.25) is 0 Å². The Kier molecular flexibility index (Phi) is 4.50. The zero-order valence-corrected chi connectivity index (χ0v) is 15.0. The van der Waals surface area contributed by atoms with Crippen LogP contribution in [0.1, 0.15) is 5.56 Å². The van der Waals surface area contributed by atoms with E-state index in [0.717, 1.165) is 22.4 Å². The van der Waals surface area contributed by atoms with Crippen molar-refractivity contribution in [2.45, 2.75) is 10.9 Å². The van der Waals surface area contributed by atoms with Gasteiger partial charge in [0.15, 0.2) is 5.16 Å². The SMILES string of the molecule is COc1cccc(CSc2nc3c(-c4ccccc4)c[nH]c3c(=O)[nH]2)c1. The van der Waals surface area contributed by atoms with Crippen molar-refractivity contribution >= 4 is 22.8 Å². The van der Waals surface area contributed by atoms with Crippen molar-refractivity contribution in [1.29, 1.82) is 0 Å². The van der Waals surface area contributed by atoms with E-state index in [-0.39, 0.29) is 5.56 Å². The minimum Gasteiger partial charge on any atom is -0.497 e.